The molecule has 0 aromatic carbocycles. The Balaban J connectivity index is 2.29. The van der Waals surface area contributed by atoms with Crippen LogP contribution in [0.2, 0.25) is 5.02 Å². The fourth-order valence-electron chi connectivity index (χ4n) is 1.47. The van der Waals surface area contributed by atoms with Gasteiger partial charge in [-0.3, -0.25) is 4.68 Å². The number of nitrogen functional groups attached to an aromatic ring is 1. The summed E-state index contributed by atoms with van der Waals surface area (Å²) in [6.45, 7) is 1.69. The number of hydrogen-bond donors (Lipinski definition) is 1. The van der Waals surface area contributed by atoms with Gasteiger partial charge in [0.25, 0.3) is 0 Å². The van der Waals surface area contributed by atoms with Crippen molar-refractivity contribution in [2.45, 2.75) is 6.54 Å². The molecule has 0 saturated carbocycles. The molecule has 0 bridgehead atoms. The first-order chi connectivity index (χ1) is 8.08. The quantitative estimate of drug-likeness (QED) is 0.921. The van der Waals surface area contributed by atoms with Crippen molar-refractivity contribution in [2.75, 3.05) is 26.4 Å². The van der Waals surface area contributed by atoms with E-state index in [4.69, 9.17) is 17.3 Å². The smallest absolute Gasteiger partial charge is 0.180 e. The molecular formula is C10H14ClN5S. The van der Waals surface area contributed by atoms with Crippen LogP contribution in [0.3, 0.4) is 0 Å². The molecule has 2 aromatic rings. The van der Waals surface area contributed by atoms with Crippen LogP contribution in [0.1, 0.15) is 0 Å². The zero-order valence-corrected chi connectivity index (χ0v) is 11.3. The Morgan fingerprint density at radius 1 is 1.47 bits per heavy atom. The van der Waals surface area contributed by atoms with Gasteiger partial charge < -0.3 is 10.6 Å². The molecule has 2 rings (SSSR count). The Bertz CT molecular complexity index is 505. The van der Waals surface area contributed by atoms with E-state index in [1.54, 1.807) is 12.4 Å². The van der Waals surface area contributed by atoms with E-state index < -0.39 is 0 Å². The number of likely N-dealkylation sites (N-methyl/N-ethyl adjacent to an activating group) is 1. The van der Waals surface area contributed by atoms with Crippen molar-refractivity contribution in [1.82, 2.24) is 19.7 Å². The summed E-state index contributed by atoms with van der Waals surface area (Å²) in [4.78, 5) is 7.08. The molecule has 0 saturated heterocycles. The predicted octanol–water partition coefficient (Wildman–Crippen LogP) is 1.80. The minimum absolute atomic E-state index is 0.538. The number of halogens is 1. The van der Waals surface area contributed by atoms with Gasteiger partial charge in [-0.2, -0.15) is 5.10 Å². The van der Waals surface area contributed by atoms with Crippen molar-refractivity contribution in [2.24, 2.45) is 0 Å². The van der Waals surface area contributed by atoms with E-state index in [1.165, 1.54) is 11.3 Å². The average Bonchev–Trinajstić information content (AvgIpc) is 2.82. The molecule has 0 radical (unpaired) electrons. The van der Waals surface area contributed by atoms with Crippen LogP contribution in [0.4, 0.5) is 5.13 Å². The summed E-state index contributed by atoms with van der Waals surface area (Å²) in [5, 5.41) is 5.44. The number of nitrogens with two attached hydrogens (primary N) is 1. The van der Waals surface area contributed by atoms with E-state index in [9.17, 15) is 0 Å². The Kier molecular flexibility index (Phi) is 3.66. The Labute approximate surface area is 109 Å². The molecule has 0 aliphatic heterocycles. The SMILES string of the molecule is CN(C)CCn1ncc(Cl)c1-c1cnc(N)s1. The molecule has 7 heteroatoms. The van der Waals surface area contributed by atoms with Gasteiger partial charge in [0.2, 0.25) is 0 Å². The molecule has 0 atom stereocenters. The van der Waals surface area contributed by atoms with Gasteiger partial charge in [0.15, 0.2) is 5.13 Å². The minimum Gasteiger partial charge on any atom is -0.375 e. The van der Waals surface area contributed by atoms with Crippen molar-refractivity contribution < 1.29 is 0 Å². The topological polar surface area (TPSA) is 60.0 Å². The second-order valence-electron chi connectivity index (χ2n) is 3.93. The lowest BCUT2D eigenvalue weighted by Gasteiger charge is -2.11. The molecule has 2 aromatic heterocycles. The van der Waals surface area contributed by atoms with Crippen LogP contribution < -0.4 is 5.73 Å². The third-order valence-corrected chi connectivity index (χ3v) is 3.42. The van der Waals surface area contributed by atoms with Crippen LogP contribution in [0, 0.1) is 0 Å². The molecule has 2 N–H and O–H groups in total. The molecule has 0 aliphatic rings. The number of aromatic nitrogens is 3. The number of anilines is 1. The van der Waals surface area contributed by atoms with Gasteiger partial charge >= 0.3 is 0 Å². The number of thiazole rings is 1. The molecule has 92 valence electrons. The van der Waals surface area contributed by atoms with Crippen LogP contribution in [0.25, 0.3) is 10.6 Å². The fourth-order valence-corrected chi connectivity index (χ4v) is 2.52. The van der Waals surface area contributed by atoms with Crippen LogP contribution in [0.15, 0.2) is 12.4 Å². The molecule has 5 nitrogen and oxygen atoms in total. The van der Waals surface area contributed by atoms with Crippen LogP contribution in [0.5, 0.6) is 0 Å². The van der Waals surface area contributed by atoms with Gasteiger partial charge in [-0.1, -0.05) is 22.9 Å². The summed E-state index contributed by atoms with van der Waals surface area (Å²) in [5.74, 6) is 0. The van der Waals surface area contributed by atoms with E-state index in [-0.39, 0.29) is 0 Å². The van der Waals surface area contributed by atoms with Crippen molar-refractivity contribution in [3.63, 3.8) is 0 Å². The summed E-state index contributed by atoms with van der Waals surface area (Å²) < 4.78 is 1.88. The highest BCUT2D eigenvalue weighted by molar-refractivity contribution is 7.18. The van der Waals surface area contributed by atoms with E-state index in [1.807, 2.05) is 18.8 Å². The molecule has 0 amide bonds. The van der Waals surface area contributed by atoms with E-state index in [0.717, 1.165) is 23.7 Å². The Morgan fingerprint density at radius 2 is 2.24 bits per heavy atom. The first-order valence-electron chi connectivity index (χ1n) is 5.15. The van der Waals surface area contributed by atoms with Crippen LogP contribution >= 0.6 is 22.9 Å². The summed E-state index contributed by atoms with van der Waals surface area (Å²) >= 11 is 7.56. The maximum atomic E-state index is 6.15. The first-order valence-corrected chi connectivity index (χ1v) is 6.35. The molecule has 0 spiro atoms. The third-order valence-electron chi connectivity index (χ3n) is 2.31. The maximum Gasteiger partial charge on any atom is 0.180 e. The van der Waals surface area contributed by atoms with Crippen molar-refractivity contribution >= 4 is 28.1 Å². The van der Waals surface area contributed by atoms with E-state index in [0.29, 0.717) is 10.2 Å². The second-order valence-corrected chi connectivity index (χ2v) is 5.40. The molecule has 0 unspecified atom stereocenters. The molecule has 17 heavy (non-hydrogen) atoms. The number of rotatable bonds is 4. The van der Waals surface area contributed by atoms with E-state index >= 15 is 0 Å². The largest absolute Gasteiger partial charge is 0.375 e. The summed E-state index contributed by atoms with van der Waals surface area (Å²) in [6, 6.07) is 0. The van der Waals surface area contributed by atoms with Crippen molar-refractivity contribution in [3.8, 4) is 10.6 Å². The van der Waals surface area contributed by atoms with Crippen LogP contribution in [-0.2, 0) is 6.54 Å². The van der Waals surface area contributed by atoms with Gasteiger partial charge in [-0.05, 0) is 14.1 Å². The van der Waals surface area contributed by atoms with Crippen molar-refractivity contribution in [1.29, 1.82) is 0 Å². The lowest BCUT2D eigenvalue weighted by molar-refractivity contribution is 0.374. The van der Waals surface area contributed by atoms with Crippen LogP contribution in [-0.4, -0.2) is 40.3 Å². The average molecular weight is 272 g/mol. The zero-order valence-electron chi connectivity index (χ0n) is 9.72. The minimum atomic E-state index is 0.538. The third kappa shape index (κ3) is 2.77. The van der Waals surface area contributed by atoms with Gasteiger partial charge in [-0.15, -0.1) is 0 Å². The van der Waals surface area contributed by atoms with E-state index in [2.05, 4.69) is 15.0 Å². The molecule has 2 heterocycles. The highest BCUT2D eigenvalue weighted by Gasteiger charge is 2.14. The summed E-state index contributed by atoms with van der Waals surface area (Å²) in [6.07, 6.45) is 3.39. The van der Waals surface area contributed by atoms with Gasteiger partial charge in [0.1, 0.15) is 0 Å². The van der Waals surface area contributed by atoms with Gasteiger partial charge in [-0.25, -0.2) is 4.98 Å². The Hall–Kier alpha value is -1.11. The molecular weight excluding hydrogens is 258 g/mol. The molecule has 0 aliphatic carbocycles. The zero-order chi connectivity index (χ0) is 12.4. The Morgan fingerprint density at radius 3 is 2.82 bits per heavy atom. The highest BCUT2D eigenvalue weighted by Crippen LogP contribution is 2.32. The van der Waals surface area contributed by atoms with Gasteiger partial charge in [0.05, 0.1) is 28.3 Å². The predicted molar refractivity (Wildman–Crippen MR) is 71.3 cm³/mol. The monoisotopic (exact) mass is 271 g/mol. The summed E-state index contributed by atoms with van der Waals surface area (Å²) in [7, 11) is 4.05. The number of nitrogens with zero attached hydrogens (tertiary/aromatic N) is 4. The van der Waals surface area contributed by atoms with Crippen molar-refractivity contribution in [3.05, 3.63) is 17.4 Å². The lowest BCUT2D eigenvalue weighted by Crippen LogP contribution is -2.19. The molecule has 0 fully saturated rings. The normalized spacial score (nSPS) is 11.3. The fraction of sp³-hybridized carbons (Fsp3) is 0.400. The van der Waals surface area contributed by atoms with Gasteiger partial charge in [0, 0.05) is 12.7 Å². The number of hydrogen-bond acceptors (Lipinski definition) is 5. The standard InChI is InChI=1S/C10H14ClN5S/c1-15(2)3-4-16-9(7(11)5-14-16)8-6-13-10(12)17-8/h5-6H,3-4H2,1-2H3,(H2,12,13). The summed E-state index contributed by atoms with van der Waals surface area (Å²) in [5.41, 5.74) is 6.52. The second kappa shape index (κ2) is 5.03. The first kappa shape index (κ1) is 12.3. The maximum absolute atomic E-state index is 6.15. The highest BCUT2D eigenvalue weighted by atomic mass is 35.5. The lowest BCUT2D eigenvalue weighted by atomic mass is 10.3.